The number of carbonyl (C=O) groups is 5. The summed E-state index contributed by atoms with van der Waals surface area (Å²) >= 11 is 0. The molecule has 5 aromatic carbocycles. The van der Waals surface area contributed by atoms with Crippen molar-refractivity contribution in [1.29, 1.82) is 0 Å². The molecule has 3 aliphatic heterocycles. The number of aromatic amines is 5. The fourth-order valence-corrected chi connectivity index (χ4v) is 9.64. The zero-order valence-corrected chi connectivity index (χ0v) is 46.9. The van der Waals surface area contributed by atoms with Gasteiger partial charge in [0.05, 0.1) is 123 Å². The van der Waals surface area contributed by atoms with Crippen LogP contribution in [-0.4, -0.2) is 196 Å². The number of nitrogens with one attached hydrogen (secondary N) is 5. The van der Waals surface area contributed by atoms with Crippen molar-refractivity contribution < 1.29 is 57.5 Å². The number of fused-ring (bicyclic) bond motifs is 5. The standard InChI is InChI=1S/C14H17N3O3.C13H17N3O2.C13H15N3O2.C10H8N2O3.C10H9NO2/c1-19-14(18)10-2-3-12-11(8-10)13(16-15-12)9-17-4-6-20-7-5-17;2*17-9-10-1-2-12-11(7-10)13(15-14-12)8-16-3-5-18-6-4-16;1-15-10(14)6-2-3-8-7(4-6)9(5-13)12-11-8;1-13-10(12)8-2-3-9-7(6-8)4-5-11-9/h2-3,8H,4-7,9H2,1H3,(H,15,16);1-2,7,17H,3-6,8-9H2,(H,14,15);1-2,7,9H,3-6,8H2,(H,14,15);2-5H,1H3,(H,11,12);2-6,11H,1H3. The van der Waals surface area contributed by atoms with E-state index in [9.17, 15) is 29.1 Å². The lowest BCUT2D eigenvalue weighted by Crippen LogP contribution is -2.35. The molecule has 5 aromatic heterocycles. The third kappa shape index (κ3) is 15.2. The number of aliphatic hydroxyl groups is 1. The molecule has 3 aliphatic rings. The minimum absolute atomic E-state index is 0.0676. The molecule has 24 heteroatoms. The van der Waals surface area contributed by atoms with Gasteiger partial charge in [0.15, 0.2) is 6.29 Å². The highest BCUT2D eigenvalue weighted by Crippen LogP contribution is 2.23. The highest BCUT2D eigenvalue weighted by molar-refractivity contribution is 6.00. The predicted octanol–water partition coefficient (Wildman–Crippen LogP) is 6.39. The second kappa shape index (κ2) is 29.3. The van der Waals surface area contributed by atoms with E-state index in [-0.39, 0.29) is 18.5 Å². The van der Waals surface area contributed by atoms with Crippen LogP contribution in [0.2, 0.25) is 0 Å². The first kappa shape index (κ1) is 59.6. The van der Waals surface area contributed by atoms with E-state index in [0.29, 0.717) is 45.1 Å². The summed E-state index contributed by atoms with van der Waals surface area (Å²) in [4.78, 5) is 65.5. The summed E-state index contributed by atoms with van der Waals surface area (Å²) in [5.41, 5.74) is 11.1. The van der Waals surface area contributed by atoms with E-state index in [1.807, 2.05) is 60.8 Å². The first-order valence-corrected chi connectivity index (χ1v) is 27.2. The number of ether oxygens (including phenoxy) is 6. The Balaban J connectivity index is 0.000000127. The second-order valence-corrected chi connectivity index (χ2v) is 19.6. The summed E-state index contributed by atoms with van der Waals surface area (Å²) in [5, 5.41) is 42.5. The Kier molecular flexibility index (Phi) is 20.8. The molecule has 438 valence electrons. The number of methoxy groups -OCH3 is 3. The van der Waals surface area contributed by atoms with Gasteiger partial charge in [-0.2, -0.15) is 20.4 Å². The molecule has 0 aliphatic carbocycles. The minimum Gasteiger partial charge on any atom is -0.465 e. The summed E-state index contributed by atoms with van der Waals surface area (Å²) in [5.74, 6) is -1.07. The molecule has 6 N–H and O–H groups in total. The first-order valence-electron chi connectivity index (χ1n) is 27.2. The number of H-pyrrole nitrogens is 5. The van der Waals surface area contributed by atoms with Crippen LogP contribution in [0.5, 0.6) is 0 Å². The van der Waals surface area contributed by atoms with Gasteiger partial charge in [0.2, 0.25) is 0 Å². The number of nitrogens with zero attached hydrogens (tertiary/aromatic N) is 7. The molecule has 0 radical (unpaired) electrons. The average Bonchev–Trinajstić information content (AvgIpc) is 4.62. The van der Waals surface area contributed by atoms with E-state index in [2.05, 4.69) is 69.9 Å². The molecule has 3 saturated heterocycles. The van der Waals surface area contributed by atoms with Gasteiger partial charge < -0.3 is 38.5 Å². The Morgan fingerprint density at radius 2 is 0.917 bits per heavy atom. The Morgan fingerprint density at radius 3 is 1.39 bits per heavy atom. The van der Waals surface area contributed by atoms with Gasteiger partial charge in [-0.1, -0.05) is 6.07 Å². The Hall–Kier alpha value is -9.01. The van der Waals surface area contributed by atoms with Crippen molar-refractivity contribution in [2.24, 2.45) is 0 Å². The van der Waals surface area contributed by atoms with Gasteiger partial charge in [0.25, 0.3) is 0 Å². The molecule has 0 saturated carbocycles. The highest BCUT2D eigenvalue weighted by Gasteiger charge is 2.18. The molecule has 10 aromatic rings. The number of morpholine rings is 3. The fraction of sp³-hybridized carbons (Fsp3) is 0.317. The molecule has 0 amide bonds. The summed E-state index contributed by atoms with van der Waals surface area (Å²) < 4.78 is 30.0. The van der Waals surface area contributed by atoms with E-state index in [4.69, 9.17) is 18.9 Å². The zero-order chi connectivity index (χ0) is 58.8. The average molecular weight is 1150 g/mol. The van der Waals surface area contributed by atoms with Crippen molar-refractivity contribution >= 4 is 85.0 Å². The van der Waals surface area contributed by atoms with Crippen molar-refractivity contribution in [1.82, 2.24) is 60.5 Å². The molecule has 0 atom stereocenters. The van der Waals surface area contributed by atoms with Crippen LogP contribution >= 0.6 is 0 Å². The van der Waals surface area contributed by atoms with Crippen LogP contribution in [0, 0.1) is 0 Å². The quantitative estimate of drug-likeness (QED) is 0.0438. The lowest BCUT2D eigenvalue weighted by atomic mass is 10.1. The number of hydrogen-bond acceptors (Lipinski definition) is 19. The molecule has 24 nitrogen and oxygen atoms in total. The van der Waals surface area contributed by atoms with Crippen LogP contribution in [-0.2, 0) is 54.7 Å². The zero-order valence-electron chi connectivity index (χ0n) is 46.9. The van der Waals surface area contributed by atoms with E-state index in [1.54, 1.807) is 42.5 Å². The smallest absolute Gasteiger partial charge is 0.337 e. The molecular formula is C60H66N12O12. The molecule has 84 heavy (non-hydrogen) atoms. The second-order valence-electron chi connectivity index (χ2n) is 19.6. The van der Waals surface area contributed by atoms with Gasteiger partial charge in [-0.15, -0.1) is 0 Å². The number of benzene rings is 5. The van der Waals surface area contributed by atoms with Crippen LogP contribution < -0.4 is 0 Å². The minimum atomic E-state index is -0.435. The maximum atomic E-state index is 11.6. The summed E-state index contributed by atoms with van der Waals surface area (Å²) in [6, 6.07) is 29.0. The van der Waals surface area contributed by atoms with Gasteiger partial charge in [-0.05, 0) is 96.6 Å². The summed E-state index contributed by atoms with van der Waals surface area (Å²) in [7, 11) is 4.07. The Morgan fingerprint density at radius 1 is 0.500 bits per heavy atom. The topological polar surface area (TPSA) is 301 Å². The maximum Gasteiger partial charge on any atom is 0.337 e. The molecule has 0 unspecified atom stereocenters. The molecule has 8 heterocycles. The van der Waals surface area contributed by atoms with Gasteiger partial charge in [-0.25, -0.2) is 14.4 Å². The monoisotopic (exact) mass is 1150 g/mol. The predicted molar refractivity (Wildman–Crippen MR) is 312 cm³/mol. The molecule has 13 rings (SSSR count). The first-order chi connectivity index (χ1) is 41.1. The molecule has 0 bridgehead atoms. The normalized spacial score (nSPS) is 14.7. The SMILES string of the molecule is COC(=O)c1ccc2[nH]ccc2c1.COC(=O)c1ccc2n[nH]c(C=O)c2c1.COC(=O)c1ccc2n[nH]c(CN3CCOCC3)c2c1.O=Cc1ccc2n[nH]c(CN3CCOCC3)c2c1.OCc1ccc2n[nH]c(CN3CCOCC3)c2c1. The van der Waals surface area contributed by atoms with Gasteiger partial charge in [0, 0.05) is 103 Å². The maximum absolute atomic E-state index is 11.6. The van der Waals surface area contributed by atoms with E-state index in [0.717, 1.165) is 171 Å². The van der Waals surface area contributed by atoms with E-state index < -0.39 is 5.97 Å². The summed E-state index contributed by atoms with van der Waals surface area (Å²) in [6.45, 7) is 12.8. The van der Waals surface area contributed by atoms with Crippen molar-refractivity contribution in [3.05, 3.63) is 154 Å². The third-order valence-corrected chi connectivity index (χ3v) is 14.3. The molecular weight excluding hydrogens is 1080 g/mol. The van der Waals surface area contributed by atoms with Crippen molar-refractivity contribution in [2.45, 2.75) is 26.2 Å². The number of esters is 3. The fourth-order valence-electron chi connectivity index (χ4n) is 9.64. The lowest BCUT2D eigenvalue weighted by molar-refractivity contribution is 0.0337. The molecule has 0 spiro atoms. The number of aliphatic hydroxyl groups excluding tert-OH is 1. The summed E-state index contributed by atoms with van der Waals surface area (Å²) in [6.07, 6.45) is 3.37. The number of carbonyl (C=O) groups excluding carboxylic acids is 5. The highest BCUT2D eigenvalue weighted by atomic mass is 16.5. The van der Waals surface area contributed by atoms with Crippen LogP contribution in [0.4, 0.5) is 0 Å². The number of hydrogen-bond donors (Lipinski definition) is 6. The third-order valence-electron chi connectivity index (χ3n) is 14.3. The Labute approximate surface area is 481 Å². The lowest BCUT2D eigenvalue weighted by Gasteiger charge is -2.25. The van der Waals surface area contributed by atoms with Crippen LogP contribution in [0.1, 0.15) is 74.6 Å². The van der Waals surface area contributed by atoms with Crippen molar-refractivity contribution in [3.8, 4) is 0 Å². The number of rotatable bonds is 12. The van der Waals surface area contributed by atoms with Crippen LogP contribution in [0.15, 0.2) is 103 Å². The number of aromatic nitrogens is 9. The van der Waals surface area contributed by atoms with E-state index >= 15 is 0 Å². The van der Waals surface area contributed by atoms with Crippen LogP contribution in [0.3, 0.4) is 0 Å². The largest absolute Gasteiger partial charge is 0.465 e. The van der Waals surface area contributed by atoms with Gasteiger partial charge in [0.1, 0.15) is 12.0 Å². The Bertz CT molecular complexity index is 3830. The van der Waals surface area contributed by atoms with E-state index in [1.165, 1.54) is 21.3 Å². The molecule has 3 fully saturated rings. The van der Waals surface area contributed by atoms with Crippen molar-refractivity contribution in [3.63, 3.8) is 0 Å². The van der Waals surface area contributed by atoms with Gasteiger partial charge in [-0.3, -0.25) is 44.7 Å². The van der Waals surface area contributed by atoms with Crippen LogP contribution in [0.25, 0.3) is 54.5 Å². The van der Waals surface area contributed by atoms with Gasteiger partial charge >= 0.3 is 17.9 Å². The van der Waals surface area contributed by atoms with Crippen molar-refractivity contribution in [2.75, 3.05) is 100 Å². The number of aldehydes is 2.